The van der Waals surface area contributed by atoms with Crippen molar-refractivity contribution in [2.45, 2.75) is 44.2 Å². The Balaban J connectivity index is 1.63. The van der Waals surface area contributed by atoms with E-state index in [1.807, 2.05) is 89.8 Å². The molecule has 0 bridgehead atoms. The van der Waals surface area contributed by atoms with E-state index in [1.54, 1.807) is 4.90 Å². The van der Waals surface area contributed by atoms with Crippen LogP contribution in [0.15, 0.2) is 84.9 Å². The topological polar surface area (TPSA) is 77.9 Å². The first-order valence-corrected chi connectivity index (χ1v) is 12.1. The smallest absolute Gasteiger partial charge is 0.303 e. The van der Waals surface area contributed by atoms with Gasteiger partial charge in [0.25, 0.3) is 5.91 Å². The molecule has 1 fully saturated rings. The van der Waals surface area contributed by atoms with Crippen molar-refractivity contribution in [2.24, 2.45) is 5.92 Å². The van der Waals surface area contributed by atoms with Gasteiger partial charge in [0.15, 0.2) is 0 Å². The van der Waals surface area contributed by atoms with Crippen LogP contribution >= 0.6 is 0 Å². The molecule has 35 heavy (non-hydrogen) atoms. The monoisotopic (exact) mass is 468 g/mol. The molecule has 0 spiro atoms. The van der Waals surface area contributed by atoms with E-state index in [0.29, 0.717) is 5.56 Å². The van der Waals surface area contributed by atoms with E-state index in [1.165, 1.54) is 0 Å². The number of carboxylic acid groups (broad SMARTS) is 1. The van der Waals surface area contributed by atoms with Gasteiger partial charge < -0.3 is 14.9 Å². The summed E-state index contributed by atoms with van der Waals surface area (Å²) in [5.41, 5.74) is 3.13. The van der Waals surface area contributed by atoms with Crippen molar-refractivity contribution in [1.82, 2.24) is 0 Å². The van der Waals surface area contributed by atoms with Crippen LogP contribution in [0.25, 0.3) is 0 Å². The molecule has 1 saturated carbocycles. The fourth-order valence-corrected chi connectivity index (χ4v) is 5.72. The number of hydrogen-bond acceptors (Lipinski definition) is 3. The first-order chi connectivity index (χ1) is 17.1. The van der Waals surface area contributed by atoms with Gasteiger partial charge in [-0.3, -0.25) is 14.4 Å². The highest BCUT2D eigenvalue weighted by molar-refractivity contribution is 6.08. The summed E-state index contributed by atoms with van der Waals surface area (Å²) >= 11 is 0. The average molecular weight is 469 g/mol. The van der Waals surface area contributed by atoms with Crippen LogP contribution in [-0.4, -0.2) is 28.9 Å². The van der Waals surface area contributed by atoms with Gasteiger partial charge in [-0.15, -0.1) is 0 Å². The van der Waals surface area contributed by atoms with Crippen molar-refractivity contribution < 1.29 is 19.5 Å². The van der Waals surface area contributed by atoms with E-state index in [2.05, 4.69) is 0 Å². The second-order valence-electron chi connectivity index (χ2n) is 9.20. The number of rotatable bonds is 6. The van der Waals surface area contributed by atoms with Gasteiger partial charge in [0.2, 0.25) is 5.91 Å². The minimum absolute atomic E-state index is 0.0307. The lowest BCUT2D eigenvalue weighted by Gasteiger charge is -2.47. The van der Waals surface area contributed by atoms with Crippen molar-refractivity contribution in [2.75, 3.05) is 9.80 Å². The number of aliphatic carboxylic acids is 1. The fourth-order valence-electron chi connectivity index (χ4n) is 5.72. The van der Waals surface area contributed by atoms with E-state index in [-0.39, 0.29) is 42.7 Å². The van der Waals surface area contributed by atoms with Crippen LogP contribution in [0, 0.1) is 5.92 Å². The third-order valence-electron chi connectivity index (χ3n) is 7.16. The normalized spacial score (nSPS) is 20.6. The number of hydrogen-bond donors (Lipinski definition) is 1. The molecule has 0 saturated heterocycles. The van der Waals surface area contributed by atoms with Gasteiger partial charge in [0.05, 0.1) is 12.5 Å². The molecule has 5 rings (SSSR count). The summed E-state index contributed by atoms with van der Waals surface area (Å²) < 4.78 is 0. The minimum atomic E-state index is -0.992. The van der Waals surface area contributed by atoms with E-state index in [9.17, 15) is 19.5 Å². The number of para-hydroxylation sites is 2. The maximum absolute atomic E-state index is 13.7. The molecule has 178 valence electrons. The summed E-state index contributed by atoms with van der Waals surface area (Å²) in [5.74, 6) is -1.19. The molecule has 3 atom stereocenters. The average Bonchev–Trinajstić information content (AvgIpc) is 3.37. The molecule has 3 aromatic carbocycles. The van der Waals surface area contributed by atoms with Crippen molar-refractivity contribution in [1.29, 1.82) is 0 Å². The second-order valence-corrected chi connectivity index (χ2v) is 9.20. The number of amides is 2. The number of benzene rings is 3. The predicted molar refractivity (Wildman–Crippen MR) is 134 cm³/mol. The summed E-state index contributed by atoms with van der Waals surface area (Å²) in [6, 6.07) is 26.3. The predicted octanol–water partition coefficient (Wildman–Crippen LogP) is 5.45. The zero-order chi connectivity index (χ0) is 24.4. The van der Waals surface area contributed by atoms with E-state index < -0.39 is 5.97 Å². The Kier molecular flexibility index (Phi) is 6.36. The molecule has 2 aliphatic rings. The maximum atomic E-state index is 13.7. The quantitative estimate of drug-likeness (QED) is 0.521. The largest absolute Gasteiger partial charge is 0.481 e. The molecule has 3 aromatic rings. The highest BCUT2D eigenvalue weighted by Gasteiger charge is 2.49. The molecule has 0 unspecified atom stereocenters. The Labute approximate surface area is 204 Å². The van der Waals surface area contributed by atoms with E-state index >= 15 is 0 Å². The Morgan fingerprint density at radius 3 is 2.20 bits per heavy atom. The van der Waals surface area contributed by atoms with Gasteiger partial charge in [0.1, 0.15) is 0 Å². The van der Waals surface area contributed by atoms with Gasteiger partial charge >= 0.3 is 5.97 Å². The van der Waals surface area contributed by atoms with Crippen LogP contribution in [0.4, 0.5) is 11.4 Å². The second kappa shape index (κ2) is 9.74. The molecular weight excluding hydrogens is 440 g/mol. The number of carbonyl (C=O) groups excluding carboxylic acids is 2. The maximum Gasteiger partial charge on any atom is 0.303 e. The van der Waals surface area contributed by atoms with Gasteiger partial charge in [0, 0.05) is 35.3 Å². The van der Waals surface area contributed by atoms with Gasteiger partial charge in [-0.25, -0.2) is 0 Å². The summed E-state index contributed by atoms with van der Waals surface area (Å²) in [5, 5.41) is 9.22. The summed E-state index contributed by atoms with van der Waals surface area (Å²) in [6.07, 6.45) is 2.42. The van der Waals surface area contributed by atoms with Crippen molar-refractivity contribution in [3.63, 3.8) is 0 Å². The van der Waals surface area contributed by atoms with E-state index in [4.69, 9.17) is 0 Å². The Hall–Kier alpha value is -3.93. The highest BCUT2D eigenvalue weighted by atomic mass is 16.4. The van der Waals surface area contributed by atoms with Gasteiger partial charge in [-0.2, -0.15) is 0 Å². The Morgan fingerprint density at radius 2 is 1.49 bits per heavy atom. The van der Waals surface area contributed by atoms with Crippen molar-refractivity contribution >= 4 is 29.2 Å². The molecule has 0 aromatic heterocycles. The van der Waals surface area contributed by atoms with Crippen LogP contribution in [-0.2, 0) is 9.59 Å². The lowest BCUT2D eigenvalue weighted by atomic mass is 9.81. The zero-order valence-electron chi connectivity index (χ0n) is 19.4. The molecule has 1 aliphatic heterocycles. The number of nitrogens with zero attached hydrogens (tertiary/aromatic N) is 2. The molecule has 1 N–H and O–H groups in total. The summed E-state index contributed by atoms with van der Waals surface area (Å²) in [6.45, 7) is 0. The number of fused-ring (bicyclic) bond motifs is 2. The van der Waals surface area contributed by atoms with Crippen LogP contribution < -0.4 is 9.80 Å². The van der Waals surface area contributed by atoms with Crippen LogP contribution in [0.5, 0.6) is 0 Å². The van der Waals surface area contributed by atoms with Crippen LogP contribution in [0.3, 0.4) is 0 Å². The SMILES string of the molecule is O=C(O)CCC(=O)N(c1ccccc1)[C@H]1c2ccccc2N(C(=O)c2ccccc2)[C@@H]2CCC[C@@H]21. The molecule has 6 nitrogen and oxygen atoms in total. The standard InChI is InChI=1S/C29H28N2O4/c32-26(18-19-27(33)34)30(21-12-5-2-6-13-21)28-22-14-7-8-16-24(22)31(25-17-9-15-23(25)28)29(35)20-10-3-1-4-11-20/h1-8,10-14,16,23,25,28H,9,15,17-19H2,(H,33,34)/t23-,25+,28-/m0/s1. The lowest BCUT2D eigenvalue weighted by molar-refractivity contribution is -0.138. The van der Waals surface area contributed by atoms with Crippen molar-refractivity contribution in [3.05, 3.63) is 96.1 Å². The third kappa shape index (κ3) is 4.32. The number of carboxylic acids is 1. The Morgan fingerprint density at radius 1 is 0.829 bits per heavy atom. The molecule has 1 aliphatic carbocycles. The molecule has 2 amide bonds. The number of carbonyl (C=O) groups is 3. The molecular formula is C29H28N2O4. The van der Waals surface area contributed by atoms with Gasteiger partial charge in [-0.05, 0) is 48.7 Å². The first kappa shape index (κ1) is 22.8. The summed E-state index contributed by atoms with van der Waals surface area (Å²) in [7, 11) is 0. The third-order valence-corrected chi connectivity index (χ3v) is 7.16. The molecule has 1 heterocycles. The van der Waals surface area contributed by atoms with Crippen LogP contribution in [0.1, 0.15) is 54.1 Å². The van der Waals surface area contributed by atoms with Crippen molar-refractivity contribution in [3.8, 4) is 0 Å². The molecule has 6 heteroatoms. The van der Waals surface area contributed by atoms with E-state index in [0.717, 1.165) is 36.2 Å². The highest BCUT2D eigenvalue weighted by Crippen LogP contribution is 2.51. The van der Waals surface area contributed by atoms with Crippen LogP contribution in [0.2, 0.25) is 0 Å². The molecule has 0 radical (unpaired) electrons. The number of anilines is 2. The van der Waals surface area contributed by atoms with Gasteiger partial charge in [-0.1, -0.05) is 61.0 Å². The Bertz CT molecular complexity index is 1230. The lowest BCUT2D eigenvalue weighted by Crippen LogP contribution is -2.52. The summed E-state index contributed by atoms with van der Waals surface area (Å²) in [4.78, 5) is 42.3. The zero-order valence-corrected chi connectivity index (χ0v) is 19.4. The minimum Gasteiger partial charge on any atom is -0.481 e. The first-order valence-electron chi connectivity index (χ1n) is 12.1. The fraction of sp³-hybridized carbons (Fsp3) is 0.276.